The number of hydrogen-bond acceptors (Lipinski definition) is 6. The molecule has 2 aliphatic rings. The Morgan fingerprint density at radius 1 is 0.857 bits per heavy atom. The van der Waals surface area contributed by atoms with E-state index in [1.807, 2.05) is 55.4 Å². The van der Waals surface area contributed by atoms with Crippen molar-refractivity contribution in [3.05, 3.63) is 0 Å². The van der Waals surface area contributed by atoms with E-state index in [-0.39, 0.29) is 6.61 Å². The van der Waals surface area contributed by atoms with Crippen molar-refractivity contribution in [2.45, 2.75) is 97.4 Å². The average Bonchev–Trinajstić information content (AvgIpc) is 2.86. The molecule has 0 aromatic heterocycles. The molecule has 2 rings (SSSR count). The zero-order valence-corrected chi connectivity index (χ0v) is 18.7. The predicted molar refractivity (Wildman–Crippen MR) is 104 cm³/mol. The molecule has 2 heterocycles. The van der Waals surface area contributed by atoms with Crippen molar-refractivity contribution in [2.24, 2.45) is 0 Å². The Labute approximate surface area is 168 Å². The highest BCUT2D eigenvalue weighted by Gasteiger charge is 2.51. The van der Waals surface area contributed by atoms with E-state index in [0.29, 0.717) is 19.6 Å². The minimum atomic E-state index is -0.723. The number of carbonyl (C=O) groups excluding carboxylic acids is 2. The van der Waals surface area contributed by atoms with Crippen LogP contribution in [0.15, 0.2) is 0 Å². The van der Waals surface area contributed by atoms with Gasteiger partial charge in [-0.2, -0.15) is 0 Å². The van der Waals surface area contributed by atoms with Gasteiger partial charge in [-0.05, 0) is 62.3 Å². The van der Waals surface area contributed by atoms with Crippen LogP contribution in [-0.2, 0) is 18.9 Å². The maximum absolute atomic E-state index is 12.7. The van der Waals surface area contributed by atoms with Crippen LogP contribution in [0.5, 0.6) is 0 Å². The van der Waals surface area contributed by atoms with Gasteiger partial charge in [-0.25, -0.2) is 9.59 Å². The molecule has 0 aromatic rings. The van der Waals surface area contributed by atoms with Gasteiger partial charge in [0.25, 0.3) is 0 Å². The Morgan fingerprint density at radius 2 is 1.29 bits per heavy atom. The number of ether oxygens (including phenoxy) is 4. The van der Waals surface area contributed by atoms with Crippen LogP contribution in [-0.4, -0.2) is 70.4 Å². The van der Waals surface area contributed by atoms with E-state index in [1.165, 1.54) is 0 Å². The summed E-state index contributed by atoms with van der Waals surface area (Å²) in [5, 5.41) is 0. The lowest BCUT2D eigenvalue weighted by molar-refractivity contribution is -0.0604. The van der Waals surface area contributed by atoms with Gasteiger partial charge in [-0.15, -0.1) is 0 Å². The molecule has 8 nitrogen and oxygen atoms in total. The summed E-state index contributed by atoms with van der Waals surface area (Å²) in [5.74, 6) is 0. The highest BCUT2D eigenvalue weighted by molar-refractivity contribution is 5.70. The molecule has 0 bridgehead atoms. The number of nitrogens with zero attached hydrogens (tertiary/aromatic N) is 2. The topological polar surface area (TPSA) is 77.5 Å². The molecular weight excluding hydrogens is 364 g/mol. The normalized spacial score (nSPS) is 25.5. The Morgan fingerprint density at radius 3 is 1.68 bits per heavy atom. The molecular formula is C20H36N2O6. The zero-order valence-electron chi connectivity index (χ0n) is 18.7. The Hall–Kier alpha value is -1.54. The Balaban J connectivity index is 1.85. The van der Waals surface area contributed by atoms with Crippen LogP contribution in [0, 0.1) is 0 Å². The third kappa shape index (κ3) is 4.54. The molecule has 0 aliphatic carbocycles. The summed E-state index contributed by atoms with van der Waals surface area (Å²) in [5.41, 5.74) is -2.32. The summed E-state index contributed by atoms with van der Waals surface area (Å²) < 4.78 is 22.4. The summed E-state index contributed by atoms with van der Waals surface area (Å²) in [7, 11) is 0. The SMILES string of the molecule is CC(CCOC(=O)N1C(C)(C)COC1(C)C)OC(=O)N1C(C)(C)COC1(C)C. The van der Waals surface area contributed by atoms with Crippen molar-refractivity contribution in [3.63, 3.8) is 0 Å². The minimum Gasteiger partial charge on any atom is -0.449 e. The van der Waals surface area contributed by atoms with E-state index < -0.39 is 40.8 Å². The molecule has 1 unspecified atom stereocenters. The molecule has 2 aliphatic heterocycles. The molecule has 28 heavy (non-hydrogen) atoms. The van der Waals surface area contributed by atoms with Gasteiger partial charge in [0.05, 0.1) is 30.9 Å². The van der Waals surface area contributed by atoms with Gasteiger partial charge in [0.1, 0.15) is 17.6 Å². The van der Waals surface area contributed by atoms with Crippen LogP contribution in [0.1, 0.15) is 68.7 Å². The maximum atomic E-state index is 12.7. The van der Waals surface area contributed by atoms with Crippen molar-refractivity contribution >= 4 is 12.2 Å². The van der Waals surface area contributed by atoms with Crippen LogP contribution in [0.4, 0.5) is 9.59 Å². The molecule has 2 fully saturated rings. The molecule has 0 radical (unpaired) electrons. The fraction of sp³-hybridized carbons (Fsp3) is 0.900. The second-order valence-electron chi connectivity index (χ2n) is 9.86. The van der Waals surface area contributed by atoms with E-state index in [1.54, 1.807) is 16.7 Å². The van der Waals surface area contributed by atoms with Crippen LogP contribution < -0.4 is 0 Å². The largest absolute Gasteiger partial charge is 0.449 e. The van der Waals surface area contributed by atoms with E-state index in [4.69, 9.17) is 18.9 Å². The molecule has 2 saturated heterocycles. The maximum Gasteiger partial charge on any atom is 0.412 e. The first-order chi connectivity index (χ1) is 12.6. The predicted octanol–water partition coefficient (Wildman–Crippen LogP) is 3.73. The summed E-state index contributed by atoms with van der Waals surface area (Å²) in [6.45, 7) is 18.0. The summed E-state index contributed by atoms with van der Waals surface area (Å²) in [4.78, 5) is 28.4. The van der Waals surface area contributed by atoms with Crippen LogP contribution in [0.2, 0.25) is 0 Å². The van der Waals surface area contributed by atoms with Crippen molar-refractivity contribution in [1.29, 1.82) is 0 Å². The lowest BCUT2D eigenvalue weighted by Gasteiger charge is -2.37. The van der Waals surface area contributed by atoms with Gasteiger partial charge < -0.3 is 18.9 Å². The van der Waals surface area contributed by atoms with Crippen molar-refractivity contribution in [3.8, 4) is 0 Å². The van der Waals surface area contributed by atoms with Gasteiger partial charge in [0.2, 0.25) is 0 Å². The van der Waals surface area contributed by atoms with Crippen molar-refractivity contribution in [1.82, 2.24) is 9.80 Å². The summed E-state index contributed by atoms with van der Waals surface area (Å²) in [6.07, 6.45) is -0.853. The highest BCUT2D eigenvalue weighted by atomic mass is 16.6. The van der Waals surface area contributed by atoms with Gasteiger partial charge in [0.15, 0.2) is 0 Å². The number of rotatable bonds is 4. The monoisotopic (exact) mass is 400 g/mol. The van der Waals surface area contributed by atoms with Crippen LogP contribution >= 0.6 is 0 Å². The number of hydrogen-bond donors (Lipinski definition) is 0. The highest BCUT2D eigenvalue weighted by Crippen LogP contribution is 2.36. The minimum absolute atomic E-state index is 0.152. The van der Waals surface area contributed by atoms with E-state index >= 15 is 0 Å². The molecule has 162 valence electrons. The standard InChI is InChI=1S/C20H36N2O6/c1-14(28-16(24)22-18(4,5)13-27-20(22,8)9)10-11-25-15(23)21-17(2,3)12-26-19(21,6)7/h14H,10-13H2,1-9H3. The third-order valence-corrected chi connectivity index (χ3v) is 5.26. The Kier molecular flexibility index (Phi) is 5.99. The van der Waals surface area contributed by atoms with E-state index in [9.17, 15) is 9.59 Å². The van der Waals surface area contributed by atoms with Gasteiger partial charge in [-0.3, -0.25) is 9.80 Å². The molecule has 0 saturated carbocycles. The summed E-state index contributed by atoms with van der Waals surface area (Å²) >= 11 is 0. The van der Waals surface area contributed by atoms with Gasteiger partial charge in [0, 0.05) is 6.42 Å². The molecule has 0 aromatic carbocycles. The molecule has 1 atom stereocenters. The molecule has 0 spiro atoms. The first-order valence-electron chi connectivity index (χ1n) is 9.86. The zero-order chi connectivity index (χ0) is 21.5. The fourth-order valence-electron chi connectivity index (χ4n) is 4.02. The van der Waals surface area contributed by atoms with Gasteiger partial charge >= 0.3 is 12.2 Å². The van der Waals surface area contributed by atoms with E-state index in [2.05, 4.69) is 0 Å². The lowest BCUT2D eigenvalue weighted by Crippen LogP contribution is -2.53. The van der Waals surface area contributed by atoms with Crippen LogP contribution in [0.25, 0.3) is 0 Å². The van der Waals surface area contributed by atoms with E-state index in [0.717, 1.165) is 0 Å². The lowest BCUT2D eigenvalue weighted by atomic mass is 10.0. The second kappa shape index (κ2) is 7.37. The average molecular weight is 401 g/mol. The fourth-order valence-corrected chi connectivity index (χ4v) is 4.02. The second-order valence-corrected chi connectivity index (χ2v) is 9.86. The van der Waals surface area contributed by atoms with Crippen molar-refractivity contribution in [2.75, 3.05) is 19.8 Å². The first-order valence-corrected chi connectivity index (χ1v) is 9.86. The Bertz CT molecular complexity index is 582. The molecule has 2 amide bonds. The van der Waals surface area contributed by atoms with Gasteiger partial charge in [-0.1, -0.05) is 0 Å². The summed E-state index contributed by atoms with van der Waals surface area (Å²) in [6, 6.07) is 0. The smallest absolute Gasteiger partial charge is 0.412 e. The molecule has 0 N–H and O–H groups in total. The first kappa shape index (κ1) is 22.7. The van der Waals surface area contributed by atoms with Crippen molar-refractivity contribution < 1.29 is 28.5 Å². The quantitative estimate of drug-likeness (QED) is 0.716. The number of carbonyl (C=O) groups is 2. The number of amides is 2. The third-order valence-electron chi connectivity index (χ3n) is 5.26. The van der Waals surface area contributed by atoms with Crippen LogP contribution in [0.3, 0.4) is 0 Å². The molecule has 8 heteroatoms.